The Hall–Kier alpha value is -1.39. The lowest BCUT2D eigenvalue weighted by atomic mass is 10.2. The van der Waals surface area contributed by atoms with E-state index in [2.05, 4.69) is 10.6 Å². The van der Waals surface area contributed by atoms with Gasteiger partial charge in [-0.3, -0.25) is 4.79 Å². The Balaban J connectivity index is 1.89. The smallest absolute Gasteiger partial charge is 0.238 e. The van der Waals surface area contributed by atoms with Crippen molar-refractivity contribution in [1.29, 1.82) is 0 Å². The van der Waals surface area contributed by atoms with Gasteiger partial charge in [0.05, 0.1) is 13.2 Å². The fourth-order valence-electron chi connectivity index (χ4n) is 1.64. The van der Waals surface area contributed by atoms with Gasteiger partial charge >= 0.3 is 0 Å². The van der Waals surface area contributed by atoms with Crippen molar-refractivity contribution < 1.29 is 9.53 Å². The molecule has 0 saturated heterocycles. The Morgan fingerprint density at radius 2 is 2.18 bits per heavy atom. The first-order valence-electron chi connectivity index (χ1n) is 5.89. The van der Waals surface area contributed by atoms with Crippen LogP contribution >= 0.6 is 0 Å². The molecule has 92 valence electrons. The molecule has 0 bridgehead atoms. The maximum Gasteiger partial charge on any atom is 0.238 e. The molecule has 1 amide bonds. The number of carbonyl (C=O) groups is 1. The molecular formula is C13H18N2O2. The minimum absolute atomic E-state index is 0.000420. The lowest BCUT2D eigenvalue weighted by Crippen LogP contribution is -2.29. The first kappa shape index (κ1) is 12.1. The third-order valence-electron chi connectivity index (χ3n) is 2.72. The molecule has 0 unspecified atom stereocenters. The van der Waals surface area contributed by atoms with Crippen molar-refractivity contribution in [2.24, 2.45) is 0 Å². The monoisotopic (exact) mass is 234 g/mol. The van der Waals surface area contributed by atoms with E-state index in [1.807, 2.05) is 24.3 Å². The van der Waals surface area contributed by atoms with Crippen molar-refractivity contribution in [3.63, 3.8) is 0 Å². The highest BCUT2D eigenvalue weighted by atomic mass is 16.5. The van der Waals surface area contributed by atoms with E-state index < -0.39 is 0 Å². The van der Waals surface area contributed by atoms with Gasteiger partial charge in [-0.15, -0.1) is 0 Å². The number of carbonyl (C=O) groups excluding carboxylic acids is 1. The second kappa shape index (κ2) is 5.80. The van der Waals surface area contributed by atoms with Crippen LogP contribution in [0.1, 0.15) is 18.4 Å². The molecule has 1 aliphatic rings. The summed E-state index contributed by atoms with van der Waals surface area (Å²) in [5.41, 5.74) is 1.83. The van der Waals surface area contributed by atoms with Gasteiger partial charge in [0, 0.05) is 24.4 Å². The predicted molar refractivity (Wildman–Crippen MR) is 66.8 cm³/mol. The van der Waals surface area contributed by atoms with Crippen LogP contribution in [0, 0.1) is 0 Å². The molecule has 2 rings (SSSR count). The molecule has 1 fully saturated rings. The second-order valence-corrected chi connectivity index (χ2v) is 4.29. The summed E-state index contributed by atoms with van der Waals surface area (Å²) in [7, 11) is 1.65. The maximum atomic E-state index is 11.7. The Labute approximate surface area is 101 Å². The summed E-state index contributed by atoms with van der Waals surface area (Å²) in [6.07, 6.45) is 2.38. The minimum atomic E-state index is 0.000420. The number of benzene rings is 1. The average Bonchev–Trinajstić information content (AvgIpc) is 3.13. The molecule has 0 radical (unpaired) electrons. The summed E-state index contributed by atoms with van der Waals surface area (Å²) in [4.78, 5) is 11.7. The van der Waals surface area contributed by atoms with E-state index in [0.29, 0.717) is 19.2 Å². The van der Waals surface area contributed by atoms with Crippen LogP contribution in [0.2, 0.25) is 0 Å². The molecule has 0 atom stereocenters. The highest BCUT2D eigenvalue weighted by molar-refractivity contribution is 5.93. The lowest BCUT2D eigenvalue weighted by molar-refractivity contribution is -0.115. The molecule has 0 aliphatic heterocycles. The van der Waals surface area contributed by atoms with E-state index in [0.717, 1.165) is 11.3 Å². The van der Waals surface area contributed by atoms with Gasteiger partial charge in [-0.1, -0.05) is 18.2 Å². The van der Waals surface area contributed by atoms with Gasteiger partial charge in [-0.2, -0.15) is 0 Å². The molecule has 4 heteroatoms. The van der Waals surface area contributed by atoms with Gasteiger partial charge < -0.3 is 15.4 Å². The number of amides is 1. The molecule has 1 aromatic rings. The van der Waals surface area contributed by atoms with E-state index in [9.17, 15) is 4.79 Å². The van der Waals surface area contributed by atoms with Gasteiger partial charge in [0.15, 0.2) is 0 Å². The van der Waals surface area contributed by atoms with Gasteiger partial charge in [-0.25, -0.2) is 0 Å². The maximum absolute atomic E-state index is 11.7. The number of para-hydroxylation sites is 1. The zero-order chi connectivity index (χ0) is 12.1. The topological polar surface area (TPSA) is 50.4 Å². The van der Waals surface area contributed by atoms with E-state index >= 15 is 0 Å². The largest absolute Gasteiger partial charge is 0.380 e. The lowest BCUT2D eigenvalue weighted by Gasteiger charge is -2.10. The summed E-state index contributed by atoms with van der Waals surface area (Å²) in [6, 6.07) is 8.24. The normalized spacial score (nSPS) is 14.6. The zero-order valence-corrected chi connectivity index (χ0v) is 10.0. The van der Waals surface area contributed by atoms with Crippen LogP contribution < -0.4 is 10.6 Å². The van der Waals surface area contributed by atoms with E-state index in [-0.39, 0.29) is 5.91 Å². The Kier molecular flexibility index (Phi) is 4.12. The van der Waals surface area contributed by atoms with Gasteiger partial charge in [0.25, 0.3) is 0 Å². The van der Waals surface area contributed by atoms with Crippen molar-refractivity contribution in [1.82, 2.24) is 5.32 Å². The zero-order valence-electron chi connectivity index (χ0n) is 10.0. The summed E-state index contributed by atoms with van der Waals surface area (Å²) in [5, 5.41) is 6.08. The number of hydrogen-bond donors (Lipinski definition) is 2. The Bertz CT molecular complexity index is 389. The third kappa shape index (κ3) is 3.84. The molecule has 4 nitrogen and oxygen atoms in total. The number of anilines is 1. The number of nitrogens with one attached hydrogen (secondary N) is 2. The second-order valence-electron chi connectivity index (χ2n) is 4.29. The molecule has 0 heterocycles. The summed E-state index contributed by atoms with van der Waals surface area (Å²) in [6.45, 7) is 0.887. The van der Waals surface area contributed by atoms with E-state index in [1.54, 1.807) is 7.11 Å². The first-order valence-corrected chi connectivity index (χ1v) is 5.89. The molecule has 0 spiro atoms. The molecule has 2 N–H and O–H groups in total. The minimum Gasteiger partial charge on any atom is -0.380 e. The van der Waals surface area contributed by atoms with Crippen molar-refractivity contribution in [3.8, 4) is 0 Å². The van der Waals surface area contributed by atoms with Gasteiger partial charge in [0.1, 0.15) is 0 Å². The molecule has 1 saturated carbocycles. The summed E-state index contributed by atoms with van der Waals surface area (Å²) in [5.74, 6) is 0.000420. The third-order valence-corrected chi connectivity index (χ3v) is 2.72. The molecule has 1 aliphatic carbocycles. The highest BCUT2D eigenvalue weighted by Gasteiger charge is 2.21. The van der Waals surface area contributed by atoms with Gasteiger partial charge in [0.2, 0.25) is 5.91 Å². The SMILES string of the molecule is COCc1ccccc1NC(=O)CNC1CC1. The Morgan fingerprint density at radius 3 is 2.88 bits per heavy atom. The fraction of sp³-hybridized carbons (Fsp3) is 0.462. The van der Waals surface area contributed by atoms with Crippen LogP contribution in [-0.4, -0.2) is 25.6 Å². The van der Waals surface area contributed by atoms with Crippen LogP contribution in [0.15, 0.2) is 24.3 Å². The number of rotatable bonds is 6. The van der Waals surface area contributed by atoms with Gasteiger partial charge in [-0.05, 0) is 18.9 Å². The van der Waals surface area contributed by atoms with Crippen LogP contribution in [0.3, 0.4) is 0 Å². The number of ether oxygens (including phenoxy) is 1. The average molecular weight is 234 g/mol. The summed E-state index contributed by atoms with van der Waals surface area (Å²) < 4.78 is 5.09. The number of methoxy groups -OCH3 is 1. The molecule has 17 heavy (non-hydrogen) atoms. The van der Waals surface area contributed by atoms with Crippen LogP contribution in [0.5, 0.6) is 0 Å². The van der Waals surface area contributed by atoms with Crippen molar-refractivity contribution in [3.05, 3.63) is 29.8 Å². The van der Waals surface area contributed by atoms with E-state index in [1.165, 1.54) is 12.8 Å². The van der Waals surface area contributed by atoms with E-state index in [4.69, 9.17) is 4.74 Å². The van der Waals surface area contributed by atoms with Crippen LogP contribution in [-0.2, 0) is 16.1 Å². The molecule has 0 aromatic heterocycles. The molecular weight excluding hydrogens is 216 g/mol. The van der Waals surface area contributed by atoms with Crippen LogP contribution in [0.25, 0.3) is 0 Å². The number of hydrogen-bond acceptors (Lipinski definition) is 3. The predicted octanol–water partition coefficient (Wildman–Crippen LogP) is 1.52. The van der Waals surface area contributed by atoms with Crippen molar-refractivity contribution >= 4 is 11.6 Å². The highest BCUT2D eigenvalue weighted by Crippen LogP contribution is 2.18. The Morgan fingerprint density at radius 1 is 1.41 bits per heavy atom. The first-order chi connectivity index (χ1) is 8.29. The molecule has 1 aromatic carbocycles. The van der Waals surface area contributed by atoms with Crippen LogP contribution in [0.4, 0.5) is 5.69 Å². The van der Waals surface area contributed by atoms with Crippen molar-refractivity contribution in [2.75, 3.05) is 19.0 Å². The quantitative estimate of drug-likeness (QED) is 0.784. The fourth-order valence-corrected chi connectivity index (χ4v) is 1.64. The standard InChI is InChI=1S/C13H18N2O2/c1-17-9-10-4-2-3-5-12(10)15-13(16)8-14-11-6-7-11/h2-5,11,14H,6-9H2,1H3,(H,15,16). The summed E-state index contributed by atoms with van der Waals surface area (Å²) >= 11 is 0. The van der Waals surface area contributed by atoms with Crippen molar-refractivity contribution in [2.45, 2.75) is 25.5 Å².